The minimum atomic E-state index is -0.229. The molecule has 2 aromatic rings. The van der Waals surface area contributed by atoms with Crippen molar-refractivity contribution in [2.45, 2.75) is 36.9 Å². The first-order valence-corrected chi connectivity index (χ1v) is 8.81. The topological polar surface area (TPSA) is 85.8 Å². The van der Waals surface area contributed by atoms with Crippen LogP contribution in [0.5, 0.6) is 0 Å². The summed E-state index contributed by atoms with van der Waals surface area (Å²) in [7, 11) is 0. The van der Waals surface area contributed by atoms with Gasteiger partial charge in [-0.15, -0.1) is 10.2 Å². The predicted octanol–water partition coefficient (Wildman–Crippen LogP) is 2.30. The largest absolute Gasteiger partial charge is 0.306 e. The van der Waals surface area contributed by atoms with E-state index in [-0.39, 0.29) is 11.7 Å². The maximum absolute atomic E-state index is 11.3. The number of hydrogen-bond acceptors (Lipinski definition) is 5. The van der Waals surface area contributed by atoms with Crippen LogP contribution in [0.1, 0.15) is 36.6 Å². The fourth-order valence-corrected chi connectivity index (χ4v) is 3.66. The van der Waals surface area contributed by atoms with Crippen LogP contribution in [0.2, 0.25) is 5.02 Å². The van der Waals surface area contributed by atoms with E-state index in [9.17, 15) is 4.79 Å². The number of carbonyl (C=O) groups excluding carboxylic acids is 1. The van der Waals surface area contributed by atoms with Crippen molar-refractivity contribution in [2.24, 2.45) is 5.84 Å². The Morgan fingerprint density at radius 1 is 1.39 bits per heavy atom. The van der Waals surface area contributed by atoms with Crippen LogP contribution < -0.4 is 11.3 Å². The number of aromatic nitrogens is 3. The fourth-order valence-electron chi connectivity index (χ4n) is 2.71. The molecule has 1 aromatic carbocycles. The number of halogens is 1. The number of rotatable bonds is 6. The number of hydrogen-bond donors (Lipinski definition) is 2. The lowest BCUT2D eigenvalue weighted by Gasteiger charge is -2.07. The van der Waals surface area contributed by atoms with Crippen molar-refractivity contribution in [2.75, 3.05) is 5.75 Å². The summed E-state index contributed by atoms with van der Waals surface area (Å²) in [6, 6.07) is 7.98. The average Bonchev–Trinajstić information content (AvgIpc) is 3.25. The Morgan fingerprint density at radius 2 is 2.13 bits per heavy atom. The second-order valence-electron chi connectivity index (χ2n) is 5.44. The molecule has 1 fully saturated rings. The molecule has 2 atom stereocenters. The molecule has 1 aliphatic rings. The maximum atomic E-state index is 11.3. The summed E-state index contributed by atoms with van der Waals surface area (Å²) < 4.78 is 2.08. The maximum Gasteiger partial charge on any atom is 0.244 e. The Bertz CT molecular complexity index is 702. The molecule has 0 spiro atoms. The Morgan fingerprint density at radius 3 is 2.78 bits per heavy atom. The minimum Gasteiger partial charge on any atom is -0.306 e. The quantitative estimate of drug-likeness (QED) is 0.361. The zero-order valence-corrected chi connectivity index (χ0v) is 14.3. The van der Waals surface area contributed by atoms with Gasteiger partial charge in [0.2, 0.25) is 5.91 Å². The summed E-state index contributed by atoms with van der Waals surface area (Å²) in [4.78, 5) is 11.3. The Labute approximate surface area is 143 Å². The van der Waals surface area contributed by atoms with E-state index < -0.39 is 0 Å². The highest BCUT2D eigenvalue weighted by Gasteiger charge is 2.43. The third kappa shape index (κ3) is 3.52. The second-order valence-corrected chi connectivity index (χ2v) is 6.82. The van der Waals surface area contributed by atoms with Gasteiger partial charge in [-0.3, -0.25) is 10.2 Å². The highest BCUT2D eigenvalue weighted by Crippen LogP contribution is 2.54. The molecule has 0 bridgehead atoms. The van der Waals surface area contributed by atoms with Gasteiger partial charge in [0, 0.05) is 17.5 Å². The van der Waals surface area contributed by atoms with Crippen LogP contribution in [-0.4, -0.2) is 26.4 Å². The Kier molecular flexibility index (Phi) is 4.89. The lowest BCUT2D eigenvalue weighted by atomic mass is 10.1. The number of amides is 1. The molecule has 1 amide bonds. The van der Waals surface area contributed by atoms with Crippen molar-refractivity contribution in [3.8, 4) is 0 Å². The molecule has 1 aromatic heterocycles. The van der Waals surface area contributed by atoms with E-state index in [0.717, 1.165) is 29.0 Å². The summed E-state index contributed by atoms with van der Waals surface area (Å²) >= 11 is 7.29. The highest BCUT2D eigenvalue weighted by molar-refractivity contribution is 7.99. The molecule has 1 saturated carbocycles. The summed E-state index contributed by atoms with van der Waals surface area (Å²) in [5.74, 6) is 6.94. The van der Waals surface area contributed by atoms with Gasteiger partial charge >= 0.3 is 0 Å². The van der Waals surface area contributed by atoms with Crippen LogP contribution in [0.25, 0.3) is 0 Å². The van der Waals surface area contributed by atoms with Gasteiger partial charge in [0.25, 0.3) is 0 Å². The van der Waals surface area contributed by atoms with Gasteiger partial charge in [0.1, 0.15) is 5.82 Å². The van der Waals surface area contributed by atoms with Gasteiger partial charge in [0.05, 0.1) is 5.75 Å². The SMILES string of the molecule is CCn1c(SCC(=O)NN)nnc1[C@@H]1C[C@@H]1c1ccc(Cl)cc1. The van der Waals surface area contributed by atoms with Crippen LogP contribution >= 0.6 is 23.4 Å². The molecule has 23 heavy (non-hydrogen) atoms. The van der Waals surface area contributed by atoms with Crippen molar-refractivity contribution in [3.05, 3.63) is 40.7 Å². The van der Waals surface area contributed by atoms with E-state index in [1.54, 1.807) is 0 Å². The Balaban J connectivity index is 1.73. The number of nitrogens with two attached hydrogens (primary N) is 1. The molecular weight excluding hydrogens is 334 g/mol. The van der Waals surface area contributed by atoms with Gasteiger partial charge in [-0.25, -0.2) is 5.84 Å². The summed E-state index contributed by atoms with van der Waals surface area (Å²) in [5.41, 5.74) is 3.40. The fraction of sp³-hybridized carbons (Fsp3) is 0.400. The lowest BCUT2D eigenvalue weighted by molar-refractivity contribution is -0.118. The molecular formula is C15H18ClN5OS. The normalized spacial score (nSPS) is 19.6. The molecule has 3 rings (SSSR count). The van der Waals surface area contributed by atoms with Crippen molar-refractivity contribution in [3.63, 3.8) is 0 Å². The van der Waals surface area contributed by atoms with E-state index in [2.05, 4.69) is 39.2 Å². The van der Waals surface area contributed by atoms with Crippen molar-refractivity contribution >= 4 is 29.3 Å². The van der Waals surface area contributed by atoms with Gasteiger partial charge in [0.15, 0.2) is 5.16 Å². The van der Waals surface area contributed by atoms with Gasteiger partial charge in [-0.2, -0.15) is 0 Å². The zero-order chi connectivity index (χ0) is 16.4. The molecule has 0 radical (unpaired) electrons. The number of nitrogens with zero attached hydrogens (tertiary/aromatic N) is 3. The van der Waals surface area contributed by atoms with E-state index in [1.165, 1.54) is 17.3 Å². The molecule has 3 N–H and O–H groups in total. The lowest BCUT2D eigenvalue weighted by Crippen LogP contribution is -2.31. The van der Waals surface area contributed by atoms with Crippen LogP contribution in [0.4, 0.5) is 0 Å². The third-order valence-electron chi connectivity index (χ3n) is 3.98. The predicted molar refractivity (Wildman–Crippen MR) is 90.3 cm³/mol. The minimum absolute atomic E-state index is 0.229. The molecule has 0 unspecified atom stereocenters. The number of hydrazine groups is 1. The van der Waals surface area contributed by atoms with Crippen LogP contribution in [-0.2, 0) is 11.3 Å². The van der Waals surface area contributed by atoms with E-state index in [4.69, 9.17) is 17.4 Å². The molecule has 0 saturated heterocycles. The molecule has 0 aliphatic heterocycles. The third-order valence-corrected chi connectivity index (χ3v) is 5.19. The monoisotopic (exact) mass is 351 g/mol. The summed E-state index contributed by atoms with van der Waals surface area (Å²) in [5, 5.41) is 10.1. The first kappa shape index (κ1) is 16.3. The van der Waals surface area contributed by atoms with E-state index in [1.807, 2.05) is 12.1 Å². The average molecular weight is 352 g/mol. The summed E-state index contributed by atoms with van der Waals surface area (Å²) in [6.07, 6.45) is 1.06. The molecule has 6 nitrogen and oxygen atoms in total. The van der Waals surface area contributed by atoms with Crippen molar-refractivity contribution < 1.29 is 4.79 Å². The molecule has 1 aliphatic carbocycles. The standard InChI is InChI=1S/C15H18ClN5OS/c1-2-21-14(19-20-15(21)23-8-13(22)18-17)12-7-11(12)9-3-5-10(16)6-4-9/h3-6,11-12H,2,7-8,17H2,1H3,(H,18,22)/t11-,12-/m1/s1. The number of thioether (sulfide) groups is 1. The zero-order valence-electron chi connectivity index (χ0n) is 12.7. The molecule has 122 valence electrons. The highest BCUT2D eigenvalue weighted by atomic mass is 35.5. The first-order chi connectivity index (χ1) is 11.1. The second kappa shape index (κ2) is 6.90. The number of benzene rings is 1. The number of carbonyl (C=O) groups is 1. The van der Waals surface area contributed by atoms with Crippen LogP contribution in [0, 0.1) is 0 Å². The van der Waals surface area contributed by atoms with Crippen LogP contribution in [0.3, 0.4) is 0 Å². The first-order valence-electron chi connectivity index (χ1n) is 7.44. The summed E-state index contributed by atoms with van der Waals surface area (Å²) in [6.45, 7) is 2.83. The Hall–Kier alpha value is -1.57. The number of nitrogens with one attached hydrogen (secondary N) is 1. The van der Waals surface area contributed by atoms with Crippen molar-refractivity contribution in [1.82, 2.24) is 20.2 Å². The van der Waals surface area contributed by atoms with Gasteiger partial charge in [-0.05, 0) is 37.0 Å². The molecule has 1 heterocycles. The van der Waals surface area contributed by atoms with E-state index in [0.29, 0.717) is 11.8 Å². The van der Waals surface area contributed by atoms with Crippen LogP contribution in [0.15, 0.2) is 29.4 Å². The van der Waals surface area contributed by atoms with E-state index >= 15 is 0 Å². The van der Waals surface area contributed by atoms with Crippen molar-refractivity contribution in [1.29, 1.82) is 0 Å². The van der Waals surface area contributed by atoms with Gasteiger partial charge in [-0.1, -0.05) is 35.5 Å². The van der Waals surface area contributed by atoms with Gasteiger partial charge < -0.3 is 4.57 Å². The smallest absolute Gasteiger partial charge is 0.244 e. The molecule has 8 heteroatoms.